The van der Waals surface area contributed by atoms with E-state index in [2.05, 4.69) is 15.2 Å². The second-order valence-electron chi connectivity index (χ2n) is 7.94. The molecule has 0 unspecified atom stereocenters. The van der Waals surface area contributed by atoms with Gasteiger partial charge in [-0.1, -0.05) is 0 Å². The van der Waals surface area contributed by atoms with Crippen molar-refractivity contribution in [2.24, 2.45) is 5.92 Å². The maximum Gasteiger partial charge on any atom is 0.224 e. The molecular weight excluding hydrogens is 400 g/mol. The third kappa shape index (κ3) is 6.34. The minimum atomic E-state index is 0.0283. The monoisotopic (exact) mass is 432 g/mol. The Kier molecular flexibility index (Phi) is 7.93. The van der Waals surface area contributed by atoms with Gasteiger partial charge in [-0.2, -0.15) is 0 Å². The van der Waals surface area contributed by atoms with Gasteiger partial charge in [0.2, 0.25) is 5.91 Å². The molecule has 0 aliphatic carbocycles. The van der Waals surface area contributed by atoms with Crippen molar-refractivity contribution >= 4 is 28.1 Å². The summed E-state index contributed by atoms with van der Waals surface area (Å²) in [5.74, 6) is 1.90. The fourth-order valence-corrected chi connectivity index (χ4v) is 4.64. The standard InChI is InChI=1S/C22H32N4O3S/c1-25(2)22-23-13-20(30-22)15-26-9-5-6-16(14-26)7-8-21(27)24-17-10-18(28-3)12-19(11-17)29-4/h10-13,16H,5-9,14-15H2,1-4H3,(H,24,27)/t16-/m0/s1. The molecule has 30 heavy (non-hydrogen) atoms. The largest absolute Gasteiger partial charge is 0.497 e. The van der Waals surface area contributed by atoms with E-state index in [-0.39, 0.29) is 5.91 Å². The zero-order valence-electron chi connectivity index (χ0n) is 18.3. The van der Waals surface area contributed by atoms with E-state index in [4.69, 9.17) is 9.47 Å². The zero-order chi connectivity index (χ0) is 21.5. The molecular formula is C22H32N4O3S. The van der Waals surface area contributed by atoms with Gasteiger partial charge in [0, 0.05) is 68.6 Å². The predicted molar refractivity (Wildman–Crippen MR) is 122 cm³/mol. The summed E-state index contributed by atoms with van der Waals surface area (Å²) in [5, 5.41) is 4.02. The van der Waals surface area contributed by atoms with Gasteiger partial charge >= 0.3 is 0 Å². The average molecular weight is 433 g/mol. The van der Waals surface area contributed by atoms with Crippen LogP contribution in [0, 0.1) is 5.92 Å². The van der Waals surface area contributed by atoms with Gasteiger partial charge in [0.15, 0.2) is 5.13 Å². The average Bonchev–Trinajstić information content (AvgIpc) is 3.21. The van der Waals surface area contributed by atoms with Crippen molar-refractivity contribution in [2.45, 2.75) is 32.2 Å². The van der Waals surface area contributed by atoms with Crippen molar-refractivity contribution in [1.29, 1.82) is 0 Å². The van der Waals surface area contributed by atoms with Crippen LogP contribution >= 0.6 is 11.3 Å². The molecule has 1 amide bonds. The molecule has 164 valence electrons. The van der Waals surface area contributed by atoms with Crippen molar-refractivity contribution in [3.8, 4) is 11.5 Å². The van der Waals surface area contributed by atoms with Crippen LogP contribution in [0.25, 0.3) is 0 Å². The Morgan fingerprint density at radius 1 is 1.27 bits per heavy atom. The van der Waals surface area contributed by atoms with E-state index >= 15 is 0 Å². The quantitative estimate of drug-likeness (QED) is 0.649. The fraction of sp³-hybridized carbons (Fsp3) is 0.545. The van der Waals surface area contributed by atoms with Gasteiger partial charge in [-0.15, -0.1) is 11.3 Å². The number of carbonyl (C=O) groups excluding carboxylic acids is 1. The minimum absolute atomic E-state index is 0.0283. The highest BCUT2D eigenvalue weighted by Gasteiger charge is 2.21. The summed E-state index contributed by atoms with van der Waals surface area (Å²) in [7, 11) is 7.24. The minimum Gasteiger partial charge on any atom is -0.497 e. The topological polar surface area (TPSA) is 66.9 Å². The Balaban J connectivity index is 1.47. The van der Waals surface area contributed by atoms with E-state index in [0.717, 1.165) is 31.2 Å². The maximum atomic E-state index is 12.5. The number of benzene rings is 1. The first-order chi connectivity index (χ1) is 14.5. The van der Waals surface area contributed by atoms with Gasteiger partial charge in [-0.05, 0) is 31.7 Å². The van der Waals surface area contributed by atoms with E-state index in [1.165, 1.54) is 17.7 Å². The van der Waals surface area contributed by atoms with Gasteiger partial charge < -0.3 is 19.7 Å². The number of rotatable bonds is 9. The van der Waals surface area contributed by atoms with Crippen molar-refractivity contribution in [3.05, 3.63) is 29.3 Å². The normalized spacial score (nSPS) is 16.9. The number of anilines is 2. The Labute approximate surface area is 183 Å². The van der Waals surface area contributed by atoms with Crippen LogP contribution in [0.3, 0.4) is 0 Å². The lowest BCUT2D eigenvalue weighted by Gasteiger charge is -2.32. The first-order valence-electron chi connectivity index (χ1n) is 10.3. The van der Waals surface area contributed by atoms with Gasteiger partial charge in [-0.3, -0.25) is 9.69 Å². The Morgan fingerprint density at radius 3 is 2.63 bits per heavy atom. The summed E-state index contributed by atoms with van der Waals surface area (Å²) in [5.41, 5.74) is 0.698. The van der Waals surface area contributed by atoms with Crippen LogP contribution in [0.1, 0.15) is 30.6 Å². The van der Waals surface area contributed by atoms with Crippen LogP contribution < -0.4 is 19.7 Å². The highest BCUT2D eigenvalue weighted by Crippen LogP contribution is 2.28. The van der Waals surface area contributed by atoms with E-state index in [1.807, 2.05) is 25.2 Å². The molecule has 3 rings (SSSR count). The van der Waals surface area contributed by atoms with Crippen molar-refractivity contribution in [1.82, 2.24) is 9.88 Å². The molecule has 1 aliphatic rings. The molecule has 0 spiro atoms. The lowest BCUT2D eigenvalue weighted by atomic mass is 9.93. The molecule has 1 saturated heterocycles. The van der Waals surface area contributed by atoms with Crippen molar-refractivity contribution in [3.63, 3.8) is 0 Å². The molecule has 2 heterocycles. The molecule has 8 heteroatoms. The third-order valence-electron chi connectivity index (χ3n) is 5.32. The molecule has 1 fully saturated rings. The summed E-state index contributed by atoms with van der Waals surface area (Å²) in [6, 6.07) is 5.40. The van der Waals surface area contributed by atoms with Crippen LogP contribution in [-0.2, 0) is 11.3 Å². The second kappa shape index (κ2) is 10.6. The summed E-state index contributed by atoms with van der Waals surface area (Å²) in [4.78, 5) is 22.8. The van der Waals surface area contributed by atoms with E-state index in [9.17, 15) is 4.79 Å². The Bertz CT molecular complexity index is 817. The molecule has 0 radical (unpaired) electrons. The summed E-state index contributed by atoms with van der Waals surface area (Å²) in [6.07, 6.45) is 5.76. The number of hydrogen-bond acceptors (Lipinski definition) is 7. The highest BCUT2D eigenvalue weighted by molar-refractivity contribution is 7.15. The number of likely N-dealkylation sites (tertiary alicyclic amines) is 1. The number of nitrogens with one attached hydrogen (secondary N) is 1. The fourth-order valence-electron chi connectivity index (χ4n) is 3.77. The van der Waals surface area contributed by atoms with E-state index < -0.39 is 0 Å². The SMILES string of the molecule is COc1cc(NC(=O)CC[C@@H]2CCCN(Cc3cnc(N(C)C)s3)C2)cc(OC)c1. The van der Waals surface area contributed by atoms with Gasteiger partial charge in [0.25, 0.3) is 0 Å². The molecule has 2 aromatic rings. The van der Waals surface area contributed by atoms with Crippen LogP contribution in [0.15, 0.2) is 24.4 Å². The van der Waals surface area contributed by atoms with Crippen LogP contribution in [0.5, 0.6) is 11.5 Å². The highest BCUT2D eigenvalue weighted by atomic mass is 32.1. The van der Waals surface area contributed by atoms with Crippen LogP contribution in [-0.4, -0.2) is 57.2 Å². The molecule has 1 N–H and O–H groups in total. The number of piperidine rings is 1. The molecule has 1 aromatic heterocycles. The maximum absolute atomic E-state index is 12.5. The van der Waals surface area contributed by atoms with Crippen molar-refractivity contribution < 1.29 is 14.3 Å². The van der Waals surface area contributed by atoms with E-state index in [1.54, 1.807) is 43.8 Å². The number of amides is 1. The summed E-state index contributed by atoms with van der Waals surface area (Å²) < 4.78 is 10.5. The second-order valence-corrected chi connectivity index (χ2v) is 9.03. The number of aromatic nitrogens is 1. The molecule has 1 aliphatic heterocycles. The molecule has 7 nitrogen and oxygen atoms in total. The summed E-state index contributed by atoms with van der Waals surface area (Å²) >= 11 is 1.75. The lowest BCUT2D eigenvalue weighted by molar-refractivity contribution is -0.116. The lowest BCUT2D eigenvalue weighted by Crippen LogP contribution is -2.35. The van der Waals surface area contributed by atoms with Crippen molar-refractivity contribution in [2.75, 3.05) is 51.6 Å². The van der Waals surface area contributed by atoms with E-state index in [0.29, 0.717) is 29.5 Å². The third-order valence-corrected chi connectivity index (χ3v) is 6.47. The number of carbonyl (C=O) groups is 1. The number of methoxy groups -OCH3 is 2. The molecule has 1 aromatic carbocycles. The first-order valence-corrected chi connectivity index (χ1v) is 11.2. The molecule has 0 bridgehead atoms. The Hall–Kier alpha value is -2.32. The number of thiazole rings is 1. The number of hydrogen-bond donors (Lipinski definition) is 1. The summed E-state index contributed by atoms with van der Waals surface area (Å²) in [6.45, 7) is 3.09. The van der Waals surface area contributed by atoms with Crippen LogP contribution in [0.4, 0.5) is 10.8 Å². The van der Waals surface area contributed by atoms with Gasteiger partial charge in [-0.25, -0.2) is 4.98 Å². The number of ether oxygens (including phenoxy) is 2. The van der Waals surface area contributed by atoms with Gasteiger partial charge in [0.1, 0.15) is 11.5 Å². The smallest absolute Gasteiger partial charge is 0.224 e. The predicted octanol–water partition coefficient (Wildman–Crippen LogP) is 3.86. The van der Waals surface area contributed by atoms with Crippen LogP contribution in [0.2, 0.25) is 0 Å². The zero-order valence-corrected chi connectivity index (χ0v) is 19.1. The Morgan fingerprint density at radius 2 is 2.00 bits per heavy atom. The molecule has 0 saturated carbocycles. The molecule has 1 atom stereocenters. The number of nitrogens with zero attached hydrogens (tertiary/aromatic N) is 3. The van der Waals surface area contributed by atoms with Gasteiger partial charge in [0.05, 0.1) is 14.2 Å². The first kappa shape index (κ1) is 22.4.